The van der Waals surface area contributed by atoms with Gasteiger partial charge in [0.05, 0.1) is 0 Å². The van der Waals surface area contributed by atoms with E-state index in [9.17, 15) is 4.39 Å². The van der Waals surface area contributed by atoms with Gasteiger partial charge in [-0.15, -0.1) is 0 Å². The molecule has 0 aliphatic carbocycles. The predicted molar refractivity (Wildman–Crippen MR) is 52.7 cm³/mol. The highest BCUT2D eigenvalue weighted by molar-refractivity contribution is 6.58. The first-order valence-electron chi connectivity index (χ1n) is 8.10. The molecule has 14 heavy (non-hydrogen) atoms. The number of aromatic nitrogens is 1. The number of halogens is 1. The Bertz CT molecular complexity index is 548. The SMILES string of the molecule is [2H]C([2H])([2H])C(c1cc(B(O)O)cc(F)n1)(C([2H])([2H])[2H])C([2H])([2H])[2H]. The van der Waals surface area contributed by atoms with Gasteiger partial charge in [0.1, 0.15) is 0 Å². The van der Waals surface area contributed by atoms with Crippen LogP contribution in [0.5, 0.6) is 0 Å². The van der Waals surface area contributed by atoms with Crippen molar-refractivity contribution >= 4 is 12.6 Å². The highest BCUT2D eigenvalue weighted by atomic mass is 19.1. The first-order valence-corrected chi connectivity index (χ1v) is 3.60. The highest BCUT2D eigenvalue weighted by Crippen LogP contribution is 2.18. The van der Waals surface area contributed by atoms with Gasteiger partial charge in [-0.2, -0.15) is 4.39 Å². The average Bonchev–Trinajstić information content (AvgIpc) is 2.21. The van der Waals surface area contributed by atoms with E-state index in [4.69, 9.17) is 22.4 Å². The molecule has 0 bridgehead atoms. The van der Waals surface area contributed by atoms with Crippen LogP contribution in [0.1, 0.15) is 38.6 Å². The van der Waals surface area contributed by atoms with Crippen molar-refractivity contribution in [3.63, 3.8) is 0 Å². The van der Waals surface area contributed by atoms with Crippen LogP contribution in [-0.2, 0) is 5.41 Å². The fraction of sp³-hybridized carbons (Fsp3) is 0.444. The van der Waals surface area contributed by atoms with E-state index in [2.05, 4.69) is 4.98 Å². The Hall–Kier alpha value is -0.935. The van der Waals surface area contributed by atoms with Crippen molar-refractivity contribution < 1.29 is 26.8 Å². The number of hydrogen-bond acceptors (Lipinski definition) is 3. The molecule has 0 saturated carbocycles. The third-order valence-electron chi connectivity index (χ3n) is 1.50. The van der Waals surface area contributed by atoms with Gasteiger partial charge in [0.15, 0.2) is 0 Å². The molecule has 0 amide bonds. The summed E-state index contributed by atoms with van der Waals surface area (Å²) in [5.74, 6) is -1.44. The molecule has 76 valence electrons. The van der Waals surface area contributed by atoms with Crippen LogP contribution in [0, 0.1) is 5.95 Å². The Morgan fingerprint density at radius 3 is 2.57 bits per heavy atom. The summed E-state index contributed by atoms with van der Waals surface area (Å²) in [4.78, 5) is 3.12. The van der Waals surface area contributed by atoms with E-state index in [1.807, 2.05) is 0 Å². The molecule has 0 radical (unpaired) electrons. The van der Waals surface area contributed by atoms with E-state index in [1.165, 1.54) is 0 Å². The molecular weight excluding hydrogens is 184 g/mol. The predicted octanol–water partition coefficient (Wildman–Crippen LogP) is 0.198. The molecule has 1 rings (SSSR count). The van der Waals surface area contributed by atoms with Gasteiger partial charge < -0.3 is 10.0 Å². The molecule has 0 atom stereocenters. The minimum atomic E-state index is -3.61. The number of hydrogen-bond donors (Lipinski definition) is 2. The molecule has 0 aromatic carbocycles. The maximum atomic E-state index is 13.6. The maximum Gasteiger partial charge on any atom is 0.488 e. The van der Waals surface area contributed by atoms with Gasteiger partial charge in [-0.05, 0) is 17.6 Å². The normalized spacial score (nSPS) is 23.8. The van der Waals surface area contributed by atoms with E-state index >= 15 is 0 Å². The summed E-state index contributed by atoms with van der Waals surface area (Å²) in [6, 6.07) is 1.08. The van der Waals surface area contributed by atoms with E-state index < -0.39 is 50.2 Å². The quantitative estimate of drug-likeness (QED) is 0.509. The van der Waals surface area contributed by atoms with Gasteiger partial charge in [0, 0.05) is 23.4 Å². The smallest absolute Gasteiger partial charge is 0.423 e. The number of nitrogens with zero attached hydrogens (tertiary/aromatic N) is 1. The lowest BCUT2D eigenvalue weighted by Crippen LogP contribution is -2.32. The zero-order chi connectivity index (χ0) is 18.4. The summed E-state index contributed by atoms with van der Waals surface area (Å²) in [5, 5.41) is 18.2. The van der Waals surface area contributed by atoms with Gasteiger partial charge in [-0.25, -0.2) is 4.98 Å². The lowest BCUT2D eigenvalue weighted by Gasteiger charge is -2.18. The zero-order valence-corrected chi connectivity index (χ0v) is 6.95. The molecule has 0 unspecified atom stereocenters. The van der Waals surface area contributed by atoms with Gasteiger partial charge in [0.25, 0.3) is 0 Å². The van der Waals surface area contributed by atoms with E-state index in [0.717, 1.165) is 0 Å². The van der Waals surface area contributed by atoms with Crippen molar-refractivity contribution in [2.24, 2.45) is 0 Å². The monoisotopic (exact) mass is 206 g/mol. The molecule has 1 heterocycles. The summed E-state index contributed by atoms with van der Waals surface area (Å²) in [6.07, 6.45) is 0. The highest BCUT2D eigenvalue weighted by Gasteiger charge is 2.20. The molecule has 0 spiro atoms. The molecule has 5 heteroatoms. The summed E-state index contributed by atoms with van der Waals surface area (Å²) >= 11 is 0. The van der Waals surface area contributed by atoms with Crippen molar-refractivity contribution in [3.8, 4) is 0 Å². The van der Waals surface area contributed by atoms with Crippen LogP contribution >= 0.6 is 0 Å². The van der Waals surface area contributed by atoms with Crippen molar-refractivity contribution in [2.45, 2.75) is 26.0 Å². The number of pyridine rings is 1. The molecule has 0 aliphatic rings. The van der Waals surface area contributed by atoms with Crippen LogP contribution in [0.4, 0.5) is 4.39 Å². The lowest BCUT2D eigenvalue weighted by atomic mass is 9.78. The second-order valence-corrected chi connectivity index (χ2v) is 2.73. The zero-order valence-electron chi connectivity index (χ0n) is 16.0. The van der Waals surface area contributed by atoms with Crippen LogP contribution in [0.3, 0.4) is 0 Å². The van der Waals surface area contributed by atoms with Crippen LogP contribution < -0.4 is 5.46 Å². The Labute approximate surface area is 95.4 Å². The minimum absolute atomic E-state index is 0.525. The lowest BCUT2D eigenvalue weighted by molar-refractivity contribution is 0.424. The van der Waals surface area contributed by atoms with Crippen molar-refractivity contribution in [3.05, 3.63) is 23.8 Å². The van der Waals surface area contributed by atoms with E-state index in [1.54, 1.807) is 0 Å². The van der Waals surface area contributed by atoms with Gasteiger partial charge in [0.2, 0.25) is 5.95 Å². The Morgan fingerprint density at radius 2 is 2.07 bits per heavy atom. The van der Waals surface area contributed by atoms with Crippen LogP contribution in [-0.4, -0.2) is 22.2 Å². The van der Waals surface area contributed by atoms with Gasteiger partial charge in [-0.1, -0.05) is 20.6 Å². The molecule has 2 N–H and O–H groups in total. The summed E-state index contributed by atoms with van der Waals surface area (Å²) in [6.45, 7) is -10.8. The number of rotatable bonds is 1. The standard InChI is InChI=1S/C9H13BFNO2/c1-9(2,3)7-4-6(10(13)14)5-8(11)12-7/h4-5,13-14H,1-3H3/i1D3,2D3,3D3. The van der Waals surface area contributed by atoms with Gasteiger partial charge >= 0.3 is 7.12 Å². The largest absolute Gasteiger partial charge is 0.488 e. The summed E-state index contributed by atoms with van der Waals surface area (Å²) in [7, 11) is -2.27. The second-order valence-electron chi connectivity index (χ2n) is 2.73. The third kappa shape index (κ3) is 2.53. The second kappa shape index (κ2) is 3.67. The summed E-state index contributed by atoms with van der Waals surface area (Å²) in [5.41, 5.74) is -5.24. The molecule has 3 nitrogen and oxygen atoms in total. The van der Waals surface area contributed by atoms with Crippen molar-refractivity contribution in [1.29, 1.82) is 0 Å². The Kier molecular flexibility index (Phi) is 1.02. The Morgan fingerprint density at radius 1 is 1.43 bits per heavy atom. The topological polar surface area (TPSA) is 53.4 Å². The molecule has 0 fully saturated rings. The molecule has 1 aromatic heterocycles. The van der Waals surface area contributed by atoms with Crippen molar-refractivity contribution in [1.82, 2.24) is 4.98 Å². The Balaban J connectivity index is 3.94. The molecular formula is C9H13BFNO2. The van der Waals surface area contributed by atoms with E-state index in [-0.39, 0.29) is 0 Å². The van der Waals surface area contributed by atoms with Crippen LogP contribution in [0.25, 0.3) is 0 Å². The molecule has 0 aliphatic heterocycles. The fourth-order valence-corrected chi connectivity index (χ4v) is 0.858. The summed E-state index contributed by atoms with van der Waals surface area (Å²) < 4.78 is 80.7. The average molecular weight is 206 g/mol. The fourth-order valence-electron chi connectivity index (χ4n) is 0.858. The van der Waals surface area contributed by atoms with Crippen LogP contribution in [0.15, 0.2) is 12.1 Å². The first kappa shape index (κ1) is 3.91. The van der Waals surface area contributed by atoms with Crippen LogP contribution in [0.2, 0.25) is 0 Å². The van der Waals surface area contributed by atoms with Crippen molar-refractivity contribution in [2.75, 3.05) is 0 Å². The van der Waals surface area contributed by atoms with Gasteiger partial charge in [-0.3, -0.25) is 0 Å². The first-order chi connectivity index (χ1) is 10.1. The molecule has 1 aromatic rings. The molecule has 0 saturated heterocycles. The maximum absolute atomic E-state index is 13.6. The minimum Gasteiger partial charge on any atom is -0.423 e. The third-order valence-corrected chi connectivity index (χ3v) is 1.50. The van der Waals surface area contributed by atoms with E-state index in [0.29, 0.717) is 12.1 Å².